The topological polar surface area (TPSA) is 21.3 Å². The molecule has 0 spiro atoms. The van der Waals surface area contributed by atoms with Gasteiger partial charge in [0.15, 0.2) is 0 Å². The third kappa shape index (κ3) is 5.12. The molecule has 0 bridgehead atoms. The first-order valence-electron chi connectivity index (χ1n) is 5.71. The zero-order valence-electron chi connectivity index (χ0n) is 10.3. The van der Waals surface area contributed by atoms with Gasteiger partial charge in [-0.05, 0) is 18.2 Å². The number of ether oxygens (including phenoxy) is 1. The normalized spacial score (nSPS) is 10.3. The van der Waals surface area contributed by atoms with Gasteiger partial charge in [0, 0.05) is 29.6 Å². The van der Waals surface area contributed by atoms with Crippen molar-refractivity contribution in [2.75, 3.05) is 6.61 Å². The Labute approximate surface area is 108 Å². The highest BCUT2D eigenvalue weighted by Gasteiger charge is 2.05. The second-order valence-electron chi connectivity index (χ2n) is 4.09. The van der Waals surface area contributed by atoms with E-state index in [0.717, 1.165) is 22.9 Å². The fourth-order valence-electron chi connectivity index (χ4n) is 1.36. The van der Waals surface area contributed by atoms with E-state index in [4.69, 9.17) is 22.8 Å². The van der Waals surface area contributed by atoms with Gasteiger partial charge in [0.2, 0.25) is 0 Å². The van der Waals surface area contributed by atoms with Crippen molar-refractivity contribution in [3.8, 4) is 18.1 Å². The van der Waals surface area contributed by atoms with Crippen molar-refractivity contribution in [1.82, 2.24) is 5.32 Å². The molecule has 0 amide bonds. The summed E-state index contributed by atoms with van der Waals surface area (Å²) in [6, 6.07) is 6.05. The number of rotatable bonds is 6. The van der Waals surface area contributed by atoms with E-state index >= 15 is 0 Å². The Bertz CT molecular complexity index is 396. The molecule has 0 fully saturated rings. The highest BCUT2D eigenvalue weighted by Crippen LogP contribution is 2.23. The fraction of sp³-hybridized carbons (Fsp3) is 0.429. The van der Waals surface area contributed by atoms with Gasteiger partial charge in [-0.25, -0.2) is 0 Å². The molecule has 92 valence electrons. The molecule has 0 heterocycles. The van der Waals surface area contributed by atoms with Crippen LogP contribution in [0, 0.1) is 12.3 Å². The molecular formula is C14H18ClNO. The Balaban J connectivity index is 2.70. The summed E-state index contributed by atoms with van der Waals surface area (Å²) in [4.78, 5) is 0. The second-order valence-corrected chi connectivity index (χ2v) is 4.53. The predicted octanol–water partition coefficient (Wildman–Crippen LogP) is 3.24. The lowest BCUT2D eigenvalue weighted by molar-refractivity contribution is 0.322. The SMILES string of the molecule is C#CCCOc1ccc(Cl)cc1CNC(C)C. The number of hydrogen-bond donors (Lipinski definition) is 1. The van der Waals surface area contributed by atoms with Crippen LogP contribution in [0.3, 0.4) is 0 Å². The molecule has 0 saturated heterocycles. The standard InChI is InChI=1S/C14H18ClNO/c1-4-5-8-17-14-7-6-13(15)9-12(14)10-16-11(2)3/h1,6-7,9,11,16H,5,8,10H2,2-3H3. The maximum atomic E-state index is 5.98. The molecule has 0 unspecified atom stereocenters. The number of hydrogen-bond acceptors (Lipinski definition) is 2. The molecule has 0 radical (unpaired) electrons. The van der Waals surface area contributed by atoms with Crippen LogP contribution in [0.25, 0.3) is 0 Å². The Morgan fingerprint density at radius 2 is 2.24 bits per heavy atom. The lowest BCUT2D eigenvalue weighted by atomic mass is 10.2. The predicted molar refractivity (Wildman–Crippen MR) is 72.4 cm³/mol. The first-order chi connectivity index (χ1) is 8.13. The third-order valence-electron chi connectivity index (χ3n) is 2.23. The van der Waals surface area contributed by atoms with E-state index in [1.54, 1.807) is 0 Å². The van der Waals surface area contributed by atoms with Crippen molar-refractivity contribution in [2.24, 2.45) is 0 Å². The van der Waals surface area contributed by atoms with Gasteiger partial charge in [0.25, 0.3) is 0 Å². The highest BCUT2D eigenvalue weighted by molar-refractivity contribution is 6.30. The maximum Gasteiger partial charge on any atom is 0.123 e. The molecule has 0 atom stereocenters. The van der Waals surface area contributed by atoms with Crippen molar-refractivity contribution in [2.45, 2.75) is 32.9 Å². The summed E-state index contributed by atoms with van der Waals surface area (Å²) in [5.74, 6) is 3.40. The van der Waals surface area contributed by atoms with E-state index in [-0.39, 0.29) is 0 Å². The molecule has 0 aliphatic heterocycles. The molecule has 1 aromatic carbocycles. The Kier molecular flexibility index (Phi) is 5.90. The van der Waals surface area contributed by atoms with Crippen LogP contribution in [0.5, 0.6) is 5.75 Å². The number of nitrogens with one attached hydrogen (secondary N) is 1. The first-order valence-corrected chi connectivity index (χ1v) is 6.09. The first kappa shape index (κ1) is 13.9. The quantitative estimate of drug-likeness (QED) is 0.619. The molecule has 0 aromatic heterocycles. The van der Waals surface area contributed by atoms with Gasteiger partial charge in [-0.15, -0.1) is 12.3 Å². The summed E-state index contributed by atoms with van der Waals surface area (Å²) in [7, 11) is 0. The fourth-order valence-corrected chi connectivity index (χ4v) is 1.56. The van der Waals surface area contributed by atoms with Crippen LogP contribution in [0.4, 0.5) is 0 Å². The summed E-state index contributed by atoms with van der Waals surface area (Å²) in [6.07, 6.45) is 5.80. The highest BCUT2D eigenvalue weighted by atomic mass is 35.5. The molecule has 3 heteroatoms. The smallest absolute Gasteiger partial charge is 0.123 e. The molecule has 2 nitrogen and oxygen atoms in total. The Morgan fingerprint density at radius 1 is 1.47 bits per heavy atom. The number of benzene rings is 1. The molecule has 0 aliphatic carbocycles. The summed E-state index contributed by atoms with van der Waals surface area (Å²) < 4.78 is 5.62. The minimum absolute atomic E-state index is 0.424. The third-order valence-corrected chi connectivity index (χ3v) is 2.46. The van der Waals surface area contributed by atoms with Crippen LogP contribution in [0.1, 0.15) is 25.8 Å². The second kappa shape index (κ2) is 7.21. The van der Waals surface area contributed by atoms with E-state index in [1.807, 2.05) is 18.2 Å². The van der Waals surface area contributed by atoms with Gasteiger partial charge in [0.05, 0.1) is 6.61 Å². The summed E-state index contributed by atoms with van der Waals surface area (Å²) >= 11 is 5.98. The van der Waals surface area contributed by atoms with Crippen molar-refractivity contribution in [1.29, 1.82) is 0 Å². The molecule has 1 rings (SSSR count). The molecule has 1 aromatic rings. The summed E-state index contributed by atoms with van der Waals surface area (Å²) in [5, 5.41) is 4.06. The van der Waals surface area contributed by atoms with Gasteiger partial charge in [0.1, 0.15) is 5.75 Å². The van der Waals surface area contributed by atoms with Crippen LogP contribution in [0.15, 0.2) is 18.2 Å². The van der Waals surface area contributed by atoms with Crippen molar-refractivity contribution in [3.05, 3.63) is 28.8 Å². The van der Waals surface area contributed by atoms with Gasteiger partial charge in [-0.3, -0.25) is 0 Å². The zero-order chi connectivity index (χ0) is 12.7. The van der Waals surface area contributed by atoms with E-state index in [0.29, 0.717) is 19.1 Å². The van der Waals surface area contributed by atoms with E-state index in [1.165, 1.54) is 0 Å². The van der Waals surface area contributed by atoms with Crippen LogP contribution >= 0.6 is 11.6 Å². The summed E-state index contributed by atoms with van der Waals surface area (Å²) in [6.45, 7) is 5.48. The lowest BCUT2D eigenvalue weighted by Gasteiger charge is -2.13. The molecule has 0 aliphatic rings. The van der Waals surface area contributed by atoms with E-state index < -0.39 is 0 Å². The van der Waals surface area contributed by atoms with E-state index in [9.17, 15) is 0 Å². The minimum atomic E-state index is 0.424. The summed E-state index contributed by atoms with van der Waals surface area (Å²) in [5.41, 5.74) is 1.06. The Hall–Kier alpha value is -1.17. The number of halogens is 1. The van der Waals surface area contributed by atoms with Crippen molar-refractivity contribution < 1.29 is 4.74 Å². The molecule has 0 saturated carbocycles. The monoisotopic (exact) mass is 251 g/mol. The van der Waals surface area contributed by atoms with Crippen molar-refractivity contribution >= 4 is 11.6 Å². The minimum Gasteiger partial charge on any atom is -0.492 e. The van der Waals surface area contributed by atoms with Crippen LogP contribution < -0.4 is 10.1 Å². The average molecular weight is 252 g/mol. The molecular weight excluding hydrogens is 234 g/mol. The number of terminal acetylenes is 1. The Morgan fingerprint density at radius 3 is 2.88 bits per heavy atom. The average Bonchev–Trinajstić information content (AvgIpc) is 2.29. The van der Waals surface area contributed by atoms with Gasteiger partial charge >= 0.3 is 0 Å². The van der Waals surface area contributed by atoms with Gasteiger partial charge < -0.3 is 10.1 Å². The lowest BCUT2D eigenvalue weighted by Crippen LogP contribution is -2.22. The van der Waals surface area contributed by atoms with Crippen LogP contribution in [0.2, 0.25) is 5.02 Å². The van der Waals surface area contributed by atoms with Crippen molar-refractivity contribution in [3.63, 3.8) is 0 Å². The van der Waals surface area contributed by atoms with Crippen LogP contribution in [-0.4, -0.2) is 12.6 Å². The van der Waals surface area contributed by atoms with E-state index in [2.05, 4.69) is 25.1 Å². The largest absolute Gasteiger partial charge is 0.492 e. The van der Waals surface area contributed by atoms with Gasteiger partial charge in [-0.1, -0.05) is 25.4 Å². The molecule has 1 N–H and O–H groups in total. The van der Waals surface area contributed by atoms with Crippen LogP contribution in [-0.2, 0) is 6.54 Å². The zero-order valence-corrected chi connectivity index (χ0v) is 11.1. The molecule has 17 heavy (non-hydrogen) atoms. The van der Waals surface area contributed by atoms with Gasteiger partial charge in [-0.2, -0.15) is 0 Å². The maximum absolute atomic E-state index is 5.98.